The molecule has 3 heterocycles. The van der Waals surface area contributed by atoms with E-state index in [0.717, 1.165) is 19.3 Å². The number of pyridine rings is 1. The number of carbonyl (C=O) groups excluding carboxylic acids is 2. The molecule has 2 amide bonds. The summed E-state index contributed by atoms with van der Waals surface area (Å²) < 4.78 is 7.32. The summed E-state index contributed by atoms with van der Waals surface area (Å²) in [6, 6.07) is 7.28. The molecule has 30 heavy (non-hydrogen) atoms. The fourth-order valence-corrected chi connectivity index (χ4v) is 3.01. The zero-order valence-electron chi connectivity index (χ0n) is 17.4. The molecule has 1 fully saturated rings. The quantitative estimate of drug-likeness (QED) is 0.755. The summed E-state index contributed by atoms with van der Waals surface area (Å²) in [4.78, 5) is 29.7. The van der Waals surface area contributed by atoms with Crippen molar-refractivity contribution in [1.82, 2.24) is 20.1 Å². The van der Waals surface area contributed by atoms with Crippen molar-refractivity contribution in [3.63, 3.8) is 0 Å². The highest BCUT2D eigenvalue weighted by Gasteiger charge is 2.26. The molecule has 0 radical (unpaired) electrons. The minimum atomic E-state index is -0.723. The van der Waals surface area contributed by atoms with Gasteiger partial charge in [0.25, 0.3) is 11.8 Å². The van der Waals surface area contributed by atoms with E-state index in [-0.39, 0.29) is 29.8 Å². The third kappa shape index (κ3) is 5.21. The predicted molar refractivity (Wildman–Crippen MR) is 110 cm³/mol. The number of nitriles is 1. The molecule has 2 aromatic rings. The molecule has 1 aliphatic heterocycles. The first kappa shape index (κ1) is 21.5. The van der Waals surface area contributed by atoms with Crippen LogP contribution in [0.4, 0.5) is 5.69 Å². The lowest BCUT2D eigenvalue weighted by Crippen LogP contribution is -2.34. The van der Waals surface area contributed by atoms with Gasteiger partial charge in [-0.15, -0.1) is 0 Å². The summed E-state index contributed by atoms with van der Waals surface area (Å²) in [6.07, 6.45) is 4.07. The van der Waals surface area contributed by atoms with Crippen molar-refractivity contribution in [1.29, 1.82) is 5.26 Å². The molecule has 0 aliphatic carbocycles. The molecule has 3 rings (SSSR count). The van der Waals surface area contributed by atoms with E-state index in [1.165, 1.54) is 0 Å². The monoisotopic (exact) mass is 410 g/mol. The number of aryl methyl sites for hydroxylation is 1. The molecule has 1 aliphatic rings. The average molecular weight is 410 g/mol. The number of amides is 2. The van der Waals surface area contributed by atoms with Crippen molar-refractivity contribution in [2.45, 2.75) is 46.3 Å². The van der Waals surface area contributed by atoms with Gasteiger partial charge in [-0.1, -0.05) is 6.07 Å². The summed E-state index contributed by atoms with van der Waals surface area (Å²) in [5, 5.41) is 19.0. The highest BCUT2D eigenvalue weighted by Crippen LogP contribution is 2.25. The standard InChI is InChI=1S/C21H26N6O3/c1-14-7-6-8-15(24-14)19(28)25-16-11-27(17-9-4-5-10-30-17)26-18(16)20(29)23-13-21(2,3)12-22/h6-8,11,17H,4-5,9-10,13H2,1-3H3,(H,23,29)(H,25,28). The van der Waals surface area contributed by atoms with Crippen LogP contribution in [0.15, 0.2) is 24.4 Å². The van der Waals surface area contributed by atoms with Gasteiger partial charge >= 0.3 is 0 Å². The second-order valence-electron chi connectivity index (χ2n) is 7.99. The Kier molecular flexibility index (Phi) is 6.47. The lowest BCUT2D eigenvalue weighted by molar-refractivity contribution is -0.0395. The van der Waals surface area contributed by atoms with Gasteiger partial charge in [0.05, 0.1) is 23.4 Å². The Morgan fingerprint density at radius 1 is 1.33 bits per heavy atom. The molecule has 0 aromatic carbocycles. The highest BCUT2D eigenvalue weighted by atomic mass is 16.5. The van der Waals surface area contributed by atoms with E-state index < -0.39 is 17.2 Å². The maximum Gasteiger partial charge on any atom is 0.274 e. The average Bonchev–Trinajstić information content (AvgIpc) is 3.16. The number of ether oxygens (including phenoxy) is 1. The first-order chi connectivity index (χ1) is 14.3. The SMILES string of the molecule is Cc1cccc(C(=O)Nc2cn(C3CCCCO3)nc2C(=O)NCC(C)(C)C#N)n1. The Morgan fingerprint density at radius 2 is 2.13 bits per heavy atom. The van der Waals surface area contributed by atoms with Crippen molar-refractivity contribution in [2.24, 2.45) is 5.41 Å². The third-order valence-electron chi connectivity index (χ3n) is 4.76. The Balaban J connectivity index is 1.85. The number of hydrogen-bond acceptors (Lipinski definition) is 6. The van der Waals surface area contributed by atoms with Gasteiger partial charge < -0.3 is 15.4 Å². The van der Waals surface area contributed by atoms with Crippen LogP contribution in [0.25, 0.3) is 0 Å². The molecule has 2 N–H and O–H groups in total. The zero-order valence-corrected chi connectivity index (χ0v) is 17.4. The Hall–Kier alpha value is -3.25. The van der Waals surface area contributed by atoms with Crippen LogP contribution in [0.1, 0.15) is 66.0 Å². The van der Waals surface area contributed by atoms with E-state index in [9.17, 15) is 14.9 Å². The molecule has 9 nitrogen and oxygen atoms in total. The van der Waals surface area contributed by atoms with Gasteiger partial charge in [-0.05, 0) is 52.2 Å². The van der Waals surface area contributed by atoms with E-state index in [1.807, 2.05) is 0 Å². The molecule has 1 saturated heterocycles. The minimum Gasteiger partial charge on any atom is -0.357 e. The second-order valence-corrected chi connectivity index (χ2v) is 7.99. The maximum absolute atomic E-state index is 12.8. The molecule has 0 bridgehead atoms. The summed E-state index contributed by atoms with van der Waals surface area (Å²) in [5.41, 5.74) is 0.572. The van der Waals surface area contributed by atoms with Gasteiger partial charge in [-0.25, -0.2) is 9.67 Å². The maximum atomic E-state index is 12.8. The van der Waals surface area contributed by atoms with Crippen molar-refractivity contribution in [3.8, 4) is 6.07 Å². The van der Waals surface area contributed by atoms with Crippen LogP contribution in [-0.2, 0) is 4.74 Å². The molecule has 0 saturated carbocycles. The molecule has 158 valence electrons. The lowest BCUT2D eigenvalue weighted by atomic mass is 9.96. The Morgan fingerprint density at radius 3 is 2.80 bits per heavy atom. The highest BCUT2D eigenvalue weighted by molar-refractivity contribution is 6.07. The van der Waals surface area contributed by atoms with E-state index >= 15 is 0 Å². The largest absolute Gasteiger partial charge is 0.357 e. The molecule has 9 heteroatoms. The number of aromatic nitrogens is 3. The van der Waals surface area contributed by atoms with E-state index in [1.54, 1.807) is 49.8 Å². The number of hydrogen-bond donors (Lipinski definition) is 2. The summed E-state index contributed by atoms with van der Waals surface area (Å²) in [7, 11) is 0. The Bertz CT molecular complexity index is 969. The van der Waals surface area contributed by atoms with Gasteiger partial charge in [0.1, 0.15) is 11.9 Å². The van der Waals surface area contributed by atoms with Crippen LogP contribution in [0, 0.1) is 23.7 Å². The normalized spacial score (nSPS) is 16.5. The molecular formula is C21H26N6O3. The summed E-state index contributed by atoms with van der Waals surface area (Å²) >= 11 is 0. The molecule has 1 unspecified atom stereocenters. The topological polar surface area (TPSA) is 122 Å². The first-order valence-corrected chi connectivity index (χ1v) is 9.94. The van der Waals surface area contributed by atoms with Crippen LogP contribution in [-0.4, -0.2) is 39.7 Å². The number of anilines is 1. The smallest absolute Gasteiger partial charge is 0.274 e. The second kappa shape index (κ2) is 9.05. The number of nitrogens with one attached hydrogen (secondary N) is 2. The fraction of sp³-hybridized carbons (Fsp3) is 0.476. The van der Waals surface area contributed by atoms with Gasteiger partial charge in [0.15, 0.2) is 5.69 Å². The fourth-order valence-electron chi connectivity index (χ4n) is 3.01. The third-order valence-corrected chi connectivity index (χ3v) is 4.76. The van der Waals surface area contributed by atoms with E-state index in [2.05, 4.69) is 26.8 Å². The van der Waals surface area contributed by atoms with Crippen molar-refractivity contribution < 1.29 is 14.3 Å². The van der Waals surface area contributed by atoms with Crippen LogP contribution >= 0.6 is 0 Å². The summed E-state index contributed by atoms with van der Waals surface area (Å²) in [5.74, 6) is -0.908. The van der Waals surface area contributed by atoms with Crippen LogP contribution in [0.2, 0.25) is 0 Å². The van der Waals surface area contributed by atoms with Crippen molar-refractivity contribution in [3.05, 3.63) is 41.5 Å². The van der Waals surface area contributed by atoms with Gasteiger partial charge in [-0.2, -0.15) is 10.4 Å². The molecule has 1 atom stereocenters. The van der Waals surface area contributed by atoms with Crippen LogP contribution in [0.3, 0.4) is 0 Å². The molecule has 0 spiro atoms. The van der Waals surface area contributed by atoms with Crippen molar-refractivity contribution in [2.75, 3.05) is 18.5 Å². The Labute approximate surface area is 175 Å². The lowest BCUT2D eigenvalue weighted by Gasteiger charge is -2.22. The van der Waals surface area contributed by atoms with Crippen LogP contribution < -0.4 is 10.6 Å². The number of carbonyl (C=O) groups is 2. The van der Waals surface area contributed by atoms with Gasteiger partial charge in [-0.3, -0.25) is 9.59 Å². The van der Waals surface area contributed by atoms with Gasteiger partial charge in [0, 0.05) is 18.8 Å². The van der Waals surface area contributed by atoms with Crippen molar-refractivity contribution >= 4 is 17.5 Å². The van der Waals surface area contributed by atoms with Crippen LogP contribution in [0.5, 0.6) is 0 Å². The number of nitrogens with zero attached hydrogens (tertiary/aromatic N) is 4. The first-order valence-electron chi connectivity index (χ1n) is 9.94. The molecule has 2 aromatic heterocycles. The summed E-state index contributed by atoms with van der Waals surface area (Å²) in [6.45, 7) is 6.03. The van der Waals surface area contributed by atoms with E-state index in [0.29, 0.717) is 12.3 Å². The predicted octanol–water partition coefficient (Wildman–Crippen LogP) is 2.82. The minimum absolute atomic E-state index is 0.0684. The zero-order chi connectivity index (χ0) is 21.7. The van der Waals surface area contributed by atoms with E-state index in [4.69, 9.17) is 4.74 Å². The number of rotatable bonds is 6. The molecular weight excluding hydrogens is 384 g/mol. The van der Waals surface area contributed by atoms with Gasteiger partial charge in [0.2, 0.25) is 0 Å².